The van der Waals surface area contributed by atoms with Crippen molar-refractivity contribution in [3.8, 4) is 11.5 Å². The van der Waals surface area contributed by atoms with Crippen LogP contribution in [0.4, 0.5) is 10.1 Å². The summed E-state index contributed by atoms with van der Waals surface area (Å²) in [7, 11) is 0. The van der Waals surface area contributed by atoms with Gasteiger partial charge in [-0.15, -0.1) is 0 Å². The zero-order chi connectivity index (χ0) is 21.2. The summed E-state index contributed by atoms with van der Waals surface area (Å²) in [6.07, 6.45) is 6.63. The summed E-state index contributed by atoms with van der Waals surface area (Å²) in [6.45, 7) is 4.80. The van der Waals surface area contributed by atoms with E-state index in [1.807, 2.05) is 37.5 Å². The van der Waals surface area contributed by atoms with Crippen LogP contribution in [0.25, 0.3) is 22.6 Å². The third-order valence-corrected chi connectivity index (χ3v) is 5.55. The fourth-order valence-corrected chi connectivity index (χ4v) is 4.01. The van der Waals surface area contributed by atoms with Crippen LogP contribution in [0, 0.1) is 5.82 Å². The standard InChI is InChI=1S/C23H23FN6O/c1-2-31-18-9-11-29(15-18)17-12-26-22(27-13-17)21-19-7-5-10-25-23(19)30(28-21)14-16-6-3-4-8-20(16)24/h3-8,10,12-13,18H,2,9,11,14-15H2,1H3/t18-/m1/s1. The molecule has 1 atom stereocenters. The van der Waals surface area contributed by atoms with E-state index in [9.17, 15) is 4.39 Å². The minimum atomic E-state index is -0.264. The molecule has 0 saturated carbocycles. The van der Waals surface area contributed by atoms with Crippen LogP contribution in [-0.4, -0.2) is 50.5 Å². The molecule has 1 aliphatic rings. The van der Waals surface area contributed by atoms with E-state index in [-0.39, 0.29) is 18.5 Å². The van der Waals surface area contributed by atoms with Crippen LogP contribution in [0.3, 0.4) is 0 Å². The Morgan fingerprint density at radius 2 is 1.94 bits per heavy atom. The van der Waals surface area contributed by atoms with E-state index in [0.29, 0.717) is 22.7 Å². The van der Waals surface area contributed by atoms with E-state index in [4.69, 9.17) is 4.74 Å². The summed E-state index contributed by atoms with van der Waals surface area (Å²) >= 11 is 0. The van der Waals surface area contributed by atoms with Gasteiger partial charge in [0.2, 0.25) is 0 Å². The van der Waals surface area contributed by atoms with Crippen LogP contribution in [0.2, 0.25) is 0 Å². The maximum Gasteiger partial charge on any atom is 0.180 e. The highest BCUT2D eigenvalue weighted by atomic mass is 19.1. The maximum absolute atomic E-state index is 14.2. The molecule has 4 aromatic rings. The van der Waals surface area contributed by atoms with Gasteiger partial charge in [0.25, 0.3) is 0 Å². The fourth-order valence-electron chi connectivity index (χ4n) is 4.01. The quantitative estimate of drug-likeness (QED) is 0.476. The van der Waals surface area contributed by atoms with Gasteiger partial charge in [0.1, 0.15) is 11.5 Å². The van der Waals surface area contributed by atoms with Gasteiger partial charge in [-0.25, -0.2) is 24.0 Å². The van der Waals surface area contributed by atoms with Crippen molar-refractivity contribution in [1.29, 1.82) is 0 Å². The molecular formula is C23H23FN6O. The minimum Gasteiger partial charge on any atom is -0.377 e. The van der Waals surface area contributed by atoms with Crippen molar-refractivity contribution >= 4 is 16.7 Å². The molecular weight excluding hydrogens is 395 g/mol. The fraction of sp³-hybridized carbons (Fsp3) is 0.304. The Morgan fingerprint density at radius 3 is 2.74 bits per heavy atom. The van der Waals surface area contributed by atoms with E-state index in [0.717, 1.165) is 37.2 Å². The Morgan fingerprint density at radius 1 is 1.10 bits per heavy atom. The third kappa shape index (κ3) is 3.86. The lowest BCUT2D eigenvalue weighted by Crippen LogP contribution is -2.23. The van der Waals surface area contributed by atoms with Gasteiger partial charge in [-0.1, -0.05) is 18.2 Å². The van der Waals surface area contributed by atoms with Gasteiger partial charge < -0.3 is 9.64 Å². The molecule has 7 nitrogen and oxygen atoms in total. The number of benzene rings is 1. The van der Waals surface area contributed by atoms with Crippen LogP contribution in [0.5, 0.6) is 0 Å². The van der Waals surface area contributed by atoms with Crippen molar-refractivity contribution in [1.82, 2.24) is 24.7 Å². The molecule has 31 heavy (non-hydrogen) atoms. The highest BCUT2D eigenvalue weighted by molar-refractivity contribution is 5.89. The zero-order valence-corrected chi connectivity index (χ0v) is 17.3. The van der Waals surface area contributed by atoms with Gasteiger partial charge in [0, 0.05) is 31.5 Å². The van der Waals surface area contributed by atoms with Crippen LogP contribution in [-0.2, 0) is 11.3 Å². The number of halogens is 1. The Balaban J connectivity index is 1.45. The second-order valence-electron chi connectivity index (χ2n) is 7.55. The van der Waals surface area contributed by atoms with Crippen LogP contribution >= 0.6 is 0 Å². The summed E-state index contributed by atoms with van der Waals surface area (Å²) in [5.41, 5.74) is 2.84. The number of pyridine rings is 1. The molecule has 0 amide bonds. The minimum absolute atomic E-state index is 0.258. The Hall–Kier alpha value is -3.39. The topological polar surface area (TPSA) is 69.0 Å². The Kier molecular flexibility index (Phi) is 5.30. The van der Waals surface area contributed by atoms with Gasteiger partial charge in [-0.2, -0.15) is 5.10 Å². The molecule has 1 aromatic carbocycles. The van der Waals surface area contributed by atoms with Crippen molar-refractivity contribution in [2.24, 2.45) is 0 Å². The van der Waals surface area contributed by atoms with Crippen molar-refractivity contribution in [3.63, 3.8) is 0 Å². The summed E-state index contributed by atoms with van der Waals surface area (Å²) < 4.78 is 21.6. The molecule has 158 valence electrons. The zero-order valence-electron chi connectivity index (χ0n) is 17.3. The number of rotatable bonds is 6. The number of nitrogens with zero attached hydrogens (tertiary/aromatic N) is 6. The van der Waals surface area contributed by atoms with Crippen molar-refractivity contribution < 1.29 is 9.13 Å². The molecule has 0 unspecified atom stereocenters. The van der Waals surface area contributed by atoms with Gasteiger partial charge in [-0.05, 0) is 31.5 Å². The summed E-state index contributed by atoms with van der Waals surface area (Å²) in [5.74, 6) is 0.259. The van der Waals surface area contributed by atoms with Gasteiger partial charge in [-0.3, -0.25) is 0 Å². The SMILES string of the molecule is CCO[C@@H]1CCN(c2cnc(-c3nn(Cc4ccccc4F)c4ncccc34)nc2)C1. The number of anilines is 1. The first-order valence-corrected chi connectivity index (χ1v) is 10.5. The van der Waals surface area contributed by atoms with Crippen molar-refractivity contribution in [3.05, 3.63) is 66.4 Å². The van der Waals surface area contributed by atoms with Gasteiger partial charge >= 0.3 is 0 Å². The summed E-state index contributed by atoms with van der Waals surface area (Å²) in [4.78, 5) is 15.9. The lowest BCUT2D eigenvalue weighted by atomic mass is 10.2. The van der Waals surface area contributed by atoms with E-state index < -0.39 is 0 Å². The third-order valence-electron chi connectivity index (χ3n) is 5.55. The average Bonchev–Trinajstić information content (AvgIpc) is 3.41. The largest absolute Gasteiger partial charge is 0.377 e. The molecule has 0 spiro atoms. The van der Waals surface area contributed by atoms with E-state index in [2.05, 4.69) is 25.0 Å². The number of hydrogen-bond acceptors (Lipinski definition) is 6. The Labute approximate surface area is 179 Å². The van der Waals surface area contributed by atoms with Crippen LogP contribution in [0.15, 0.2) is 55.0 Å². The smallest absolute Gasteiger partial charge is 0.180 e. The lowest BCUT2D eigenvalue weighted by molar-refractivity contribution is 0.0787. The van der Waals surface area contributed by atoms with E-state index in [1.165, 1.54) is 6.07 Å². The number of fused-ring (bicyclic) bond motifs is 1. The van der Waals surface area contributed by atoms with Crippen molar-refractivity contribution in [2.75, 3.05) is 24.6 Å². The molecule has 3 aromatic heterocycles. The predicted molar refractivity (Wildman–Crippen MR) is 116 cm³/mol. The molecule has 0 radical (unpaired) electrons. The molecule has 1 saturated heterocycles. The first kappa shape index (κ1) is 19.6. The highest BCUT2D eigenvalue weighted by Gasteiger charge is 2.24. The second-order valence-corrected chi connectivity index (χ2v) is 7.55. The number of ether oxygens (including phenoxy) is 1. The Bertz CT molecular complexity index is 1190. The average molecular weight is 418 g/mol. The second kappa shape index (κ2) is 8.39. The van der Waals surface area contributed by atoms with Crippen LogP contribution < -0.4 is 4.90 Å². The first-order chi connectivity index (χ1) is 15.2. The molecule has 5 rings (SSSR count). The summed E-state index contributed by atoms with van der Waals surface area (Å²) in [6, 6.07) is 10.5. The van der Waals surface area contributed by atoms with Gasteiger partial charge in [0.05, 0.1) is 36.1 Å². The number of aromatic nitrogens is 5. The van der Waals surface area contributed by atoms with Crippen LogP contribution in [0.1, 0.15) is 18.9 Å². The van der Waals surface area contributed by atoms with E-state index >= 15 is 0 Å². The predicted octanol–water partition coefficient (Wildman–Crippen LogP) is 3.69. The molecule has 1 fully saturated rings. The van der Waals surface area contributed by atoms with Gasteiger partial charge in [0.15, 0.2) is 11.5 Å². The maximum atomic E-state index is 14.2. The molecule has 0 aliphatic carbocycles. The lowest BCUT2D eigenvalue weighted by Gasteiger charge is -2.17. The summed E-state index contributed by atoms with van der Waals surface area (Å²) in [5, 5.41) is 5.53. The normalized spacial score (nSPS) is 16.3. The monoisotopic (exact) mass is 418 g/mol. The molecule has 8 heteroatoms. The molecule has 4 heterocycles. The molecule has 0 N–H and O–H groups in total. The molecule has 0 bridgehead atoms. The van der Waals surface area contributed by atoms with E-state index in [1.54, 1.807) is 23.0 Å². The first-order valence-electron chi connectivity index (χ1n) is 10.5. The molecule has 1 aliphatic heterocycles. The highest BCUT2D eigenvalue weighted by Crippen LogP contribution is 2.27. The number of hydrogen-bond donors (Lipinski definition) is 0. The van der Waals surface area contributed by atoms with Crippen molar-refractivity contribution in [2.45, 2.75) is 26.0 Å².